The number of aromatic amines is 1. The van der Waals surface area contributed by atoms with E-state index < -0.39 is 11.7 Å². The highest BCUT2D eigenvalue weighted by atomic mass is 19.1. The molecule has 3 aromatic rings. The second-order valence-corrected chi connectivity index (χ2v) is 6.99. The fourth-order valence-electron chi connectivity index (χ4n) is 3.59. The Balaban J connectivity index is 1.38. The van der Waals surface area contributed by atoms with E-state index in [4.69, 9.17) is 0 Å². The van der Waals surface area contributed by atoms with Crippen LogP contribution in [0.2, 0.25) is 0 Å². The molecule has 0 unspecified atom stereocenters. The van der Waals surface area contributed by atoms with Gasteiger partial charge in [0.1, 0.15) is 11.6 Å². The molecule has 1 aliphatic heterocycles. The Bertz CT molecular complexity index is 1050. The first-order chi connectivity index (χ1) is 13.5. The smallest absolute Gasteiger partial charge is 0.229 e. The molecule has 1 fully saturated rings. The van der Waals surface area contributed by atoms with Gasteiger partial charge in [-0.15, -0.1) is 0 Å². The van der Waals surface area contributed by atoms with Crippen molar-refractivity contribution in [2.75, 3.05) is 18.4 Å². The number of hydrogen-bond acceptors (Lipinski definition) is 2. The molecule has 144 valence electrons. The first-order valence-corrected chi connectivity index (χ1v) is 9.09. The van der Waals surface area contributed by atoms with Crippen molar-refractivity contribution in [1.29, 1.82) is 0 Å². The SMILES string of the molecule is O=C(Nc1cccc(F)c1)[C@H]1CC(=O)N(CCc2c[nH]c3ccc(F)cc23)C1. The number of aromatic nitrogens is 1. The Morgan fingerprint density at radius 3 is 2.82 bits per heavy atom. The minimum absolute atomic E-state index is 0.0922. The molecule has 1 atom stereocenters. The molecule has 2 heterocycles. The Kier molecular flexibility index (Phi) is 4.81. The summed E-state index contributed by atoms with van der Waals surface area (Å²) in [4.78, 5) is 29.4. The standard InChI is InChI=1S/C21H19F2N3O2/c22-15-2-1-3-17(9-15)25-21(28)14-8-20(27)26(12-14)7-6-13-11-24-19-5-4-16(23)10-18(13)19/h1-5,9-11,14,24H,6-8,12H2,(H,25,28)/t14-/m0/s1. The first-order valence-electron chi connectivity index (χ1n) is 9.09. The Morgan fingerprint density at radius 2 is 2.00 bits per heavy atom. The monoisotopic (exact) mass is 383 g/mol. The number of rotatable bonds is 5. The number of carbonyl (C=O) groups is 2. The van der Waals surface area contributed by atoms with Crippen LogP contribution < -0.4 is 5.32 Å². The lowest BCUT2D eigenvalue weighted by atomic mass is 10.1. The maximum Gasteiger partial charge on any atom is 0.229 e. The second-order valence-electron chi connectivity index (χ2n) is 6.99. The highest BCUT2D eigenvalue weighted by Gasteiger charge is 2.34. The minimum Gasteiger partial charge on any atom is -0.361 e. The van der Waals surface area contributed by atoms with Gasteiger partial charge in [0, 0.05) is 42.3 Å². The maximum absolute atomic E-state index is 13.5. The van der Waals surface area contributed by atoms with Gasteiger partial charge in [-0.2, -0.15) is 0 Å². The molecule has 0 saturated carbocycles. The molecule has 2 aromatic carbocycles. The summed E-state index contributed by atoms with van der Waals surface area (Å²) in [7, 11) is 0. The summed E-state index contributed by atoms with van der Waals surface area (Å²) >= 11 is 0. The zero-order valence-corrected chi connectivity index (χ0v) is 15.0. The van der Waals surface area contributed by atoms with E-state index in [9.17, 15) is 18.4 Å². The van der Waals surface area contributed by atoms with Crippen LogP contribution in [0.1, 0.15) is 12.0 Å². The van der Waals surface area contributed by atoms with E-state index in [1.165, 1.54) is 30.3 Å². The molecule has 4 rings (SSSR count). The van der Waals surface area contributed by atoms with Gasteiger partial charge in [0.15, 0.2) is 0 Å². The van der Waals surface area contributed by atoms with Crippen LogP contribution in [0, 0.1) is 17.6 Å². The summed E-state index contributed by atoms with van der Waals surface area (Å²) in [5.74, 6) is -1.60. The molecular formula is C21H19F2N3O2. The maximum atomic E-state index is 13.5. The number of nitrogens with zero attached hydrogens (tertiary/aromatic N) is 1. The normalized spacial score (nSPS) is 16.7. The predicted octanol–water partition coefficient (Wildman–Crippen LogP) is 3.48. The van der Waals surface area contributed by atoms with Gasteiger partial charge in [-0.25, -0.2) is 8.78 Å². The number of fused-ring (bicyclic) bond motifs is 1. The number of nitrogens with one attached hydrogen (secondary N) is 2. The lowest BCUT2D eigenvalue weighted by Gasteiger charge is -2.16. The van der Waals surface area contributed by atoms with Crippen LogP contribution >= 0.6 is 0 Å². The van der Waals surface area contributed by atoms with Gasteiger partial charge < -0.3 is 15.2 Å². The quantitative estimate of drug-likeness (QED) is 0.709. The highest BCUT2D eigenvalue weighted by Crippen LogP contribution is 2.23. The average Bonchev–Trinajstić information content (AvgIpc) is 3.23. The van der Waals surface area contributed by atoms with Crippen molar-refractivity contribution in [3.05, 3.63) is 65.9 Å². The average molecular weight is 383 g/mol. The number of hydrogen-bond donors (Lipinski definition) is 2. The molecule has 1 saturated heterocycles. The molecule has 2 amide bonds. The van der Waals surface area contributed by atoms with Crippen molar-refractivity contribution in [1.82, 2.24) is 9.88 Å². The molecule has 0 radical (unpaired) electrons. The van der Waals surface area contributed by atoms with Crippen LogP contribution in [0.25, 0.3) is 10.9 Å². The lowest BCUT2D eigenvalue weighted by molar-refractivity contribution is -0.128. The fourth-order valence-corrected chi connectivity index (χ4v) is 3.59. The summed E-state index contributed by atoms with van der Waals surface area (Å²) in [5, 5.41) is 3.46. The summed E-state index contributed by atoms with van der Waals surface area (Å²) in [6.07, 6.45) is 2.51. The lowest BCUT2D eigenvalue weighted by Crippen LogP contribution is -2.30. The molecular weight excluding hydrogens is 364 g/mol. The van der Waals surface area contributed by atoms with E-state index in [1.54, 1.807) is 17.0 Å². The number of benzene rings is 2. The van der Waals surface area contributed by atoms with Crippen molar-refractivity contribution in [2.45, 2.75) is 12.8 Å². The van der Waals surface area contributed by atoms with E-state index >= 15 is 0 Å². The van der Waals surface area contributed by atoms with Crippen molar-refractivity contribution < 1.29 is 18.4 Å². The van der Waals surface area contributed by atoms with E-state index in [-0.39, 0.29) is 24.1 Å². The fraction of sp³-hybridized carbons (Fsp3) is 0.238. The van der Waals surface area contributed by atoms with Gasteiger partial charge in [0.25, 0.3) is 0 Å². The highest BCUT2D eigenvalue weighted by molar-refractivity contribution is 5.97. The summed E-state index contributed by atoms with van der Waals surface area (Å²) < 4.78 is 26.7. The third-order valence-electron chi connectivity index (χ3n) is 5.06. The Morgan fingerprint density at radius 1 is 1.18 bits per heavy atom. The minimum atomic E-state index is -0.476. The van der Waals surface area contributed by atoms with Crippen LogP contribution in [0.4, 0.5) is 14.5 Å². The van der Waals surface area contributed by atoms with E-state index in [2.05, 4.69) is 10.3 Å². The number of H-pyrrole nitrogens is 1. The molecule has 28 heavy (non-hydrogen) atoms. The number of likely N-dealkylation sites (tertiary alicyclic amines) is 1. The second kappa shape index (κ2) is 7.42. The summed E-state index contributed by atoms with van der Waals surface area (Å²) in [6, 6.07) is 10.2. The first kappa shape index (κ1) is 18.2. The van der Waals surface area contributed by atoms with Gasteiger partial charge in [-0.3, -0.25) is 9.59 Å². The molecule has 0 aliphatic carbocycles. The predicted molar refractivity (Wildman–Crippen MR) is 102 cm³/mol. The van der Waals surface area contributed by atoms with Gasteiger partial charge >= 0.3 is 0 Å². The zero-order chi connectivity index (χ0) is 19.7. The molecule has 2 N–H and O–H groups in total. The number of anilines is 1. The Labute approximate surface area is 160 Å². The third kappa shape index (κ3) is 3.74. The largest absolute Gasteiger partial charge is 0.361 e. The van der Waals surface area contributed by atoms with Crippen molar-refractivity contribution >= 4 is 28.4 Å². The summed E-state index contributed by atoms with van der Waals surface area (Å²) in [5.41, 5.74) is 2.14. The van der Waals surface area contributed by atoms with Gasteiger partial charge in [-0.1, -0.05) is 6.07 Å². The number of halogens is 2. The van der Waals surface area contributed by atoms with E-state index in [0.717, 1.165) is 16.5 Å². The van der Waals surface area contributed by atoms with Crippen molar-refractivity contribution in [3.8, 4) is 0 Å². The molecule has 5 nitrogen and oxygen atoms in total. The molecule has 7 heteroatoms. The molecule has 1 aromatic heterocycles. The van der Waals surface area contributed by atoms with Crippen LogP contribution in [0.5, 0.6) is 0 Å². The van der Waals surface area contributed by atoms with Crippen LogP contribution in [0.3, 0.4) is 0 Å². The molecule has 0 spiro atoms. The van der Waals surface area contributed by atoms with Gasteiger partial charge in [0.05, 0.1) is 5.92 Å². The van der Waals surface area contributed by atoms with Crippen molar-refractivity contribution in [3.63, 3.8) is 0 Å². The van der Waals surface area contributed by atoms with Crippen molar-refractivity contribution in [2.24, 2.45) is 5.92 Å². The van der Waals surface area contributed by atoms with E-state index in [0.29, 0.717) is 25.2 Å². The molecule has 0 bridgehead atoms. The zero-order valence-electron chi connectivity index (χ0n) is 15.0. The van der Waals surface area contributed by atoms with Crippen LogP contribution in [-0.4, -0.2) is 34.8 Å². The summed E-state index contributed by atoms with van der Waals surface area (Å²) in [6.45, 7) is 0.767. The van der Waals surface area contributed by atoms with Gasteiger partial charge in [0.2, 0.25) is 11.8 Å². The Hall–Kier alpha value is -3.22. The van der Waals surface area contributed by atoms with Crippen LogP contribution in [-0.2, 0) is 16.0 Å². The number of carbonyl (C=O) groups excluding carboxylic acids is 2. The van der Waals surface area contributed by atoms with E-state index in [1.807, 2.05) is 6.20 Å². The van der Waals surface area contributed by atoms with Gasteiger partial charge in [-0.05, 0) is 48.4 Å². The van der Waals surface area contributed by atoms with Crippen LogP contribution in [0.15, 0.2) is 48.7 Å². The topological polar surface area (TPSA) is 65.2 Å². The third-order valence-corrected chi connectivity index (χ3v) is 5.06. The molecule has 1 aliphatic rings. The number of amides is 2.